The molecule has 0 unspecified atom stereocenters. The molecule has 0 aliphatic heterocycles. The van der Waals surface area contributed by atoms with E-state index in [1.165, 1.54) is 5.56 Å². The third-order valence-corrected chi connectivity index (χ3v) is 2.97. The van der Waals surface area contributed by atoms with Crippen molar-refractivity contribution in [2.45, 2.75) is 19.9 Å². The van der Waals surface area contributed by atoms with Crippen molar-refractivity contribution in [2.24, 2.45) is 0 Å². The predicted molar refractivity (Wildman–Crippen MR) is 83.0 cm³/mol. The van der Waals surface area contributed by atoms with Gasteiger partial charge in [0.15, 0.2) is 11.6 Å². The Bertz CT molecular complexity index is 540. The van der Waals surface area contributed by atoms with Crippen LogP contribution in [0.15, 0.2) is 42.6 Å². The standard InChI is InChI=1S/C16H21N3O/c1-3-11-20-15-5-4-10-18-16(15)19(2)12-13-6-8-14(17)9-7-13/h4-10H,3,11-12,17H2,1-2H3. The second-order valence-corrected chi connectivity index (χ2v) is 4.77. The van der Waals surface area contributed by atoms with Gasteiger partial charge < -0.3 is 15.4 Å². The van der Waals surface area contributed by atoms with Gasteiger partial charge in [-0.3, -0.25) is 0 Å². The summed E-state index contributed by atoms with van der Waals surface area (Å²) in [7, 11) is 2.01. The van der Waals surface area contributed by atoms with E-state index in [4.69, 9.17) is 10.5 Å². The van der Waals surface area contributed by atoms with E-state index in [0.717, 1.165) is 30.2 Å². The number of aromatic nitrogens is 1. The number of nitrogen functional groups attached to an aromatic ring is 1. The van der Waals surface area contributed by atoms with E-state index in [9.17, 15) is 0 Å². The molecule has 4 heteroatoms. The quantitative estimate of drug-likeness (QED) is 0.820. The maximum absolute atomic E-state index is 5.74. The Kier molecular flexibility index (Phi) is 4.82. The summed E-state index contributed by atoms with van der Waals surface area (Å²) >= 11 is 0. The first-order valence-corrected chi connectivity index (χ1v) is 6.84. The molecule has 2 rings (SSSR count). The van der Waals surface area contributed by atoms with Gasteiger partial charge in [-0.05, 0) is 36.2 Å². The fraction of sp³-hybridized carbons (Fsp3) is 0.312. The third-order valence-electron chi connectivity index (χ3n) is 2.97. The van der Waals surface area contributed by atoms with Gasteiger partial charge in [0.25, 0.3) is 0 Å². The second-order valence-electron chi connectivity index (χ2n) is 4.77. The minimum Gasteiger partial charge on any atom is -0.490 e. The summed E-state index contributed by atoms with van der Waals surface area (Å²) in [6.45, 7) is 3.56. The molecule has 0 saturated carbocycles. The molecular weight excluding hydrogens is 250 g/mol. The number of hydrogen-bond acceptors (Lipinski definition) is 4. The highest BCUT2D eigenvalue weighted by Crippen LogP contribution is 2.25. The number of ether oxygens (including phenoxy) is 1. The van der Waals surface area contributed by atoms with E-state index in [1.807, 2.05) is 43.4 Å². The average Bonchev–Trinajstić information content (AvgIpc) is 2.47. The van der Waals surface area contributed by atoms with Gasteiger partial charge in [0.2, 0.25) is 0 Å². The summed E-state index contributed by atoms with van der Waals surface area (Å²) in [6.07, 6.45) is 2.77. The highest BCUT2D eigenvalue weighted by Gasteiger charge is 2.10. The second kappa shape index (κ2) is 6.80. The minimum atomic E-state index is 0.703. The van der Waals surface area contributed by atoms with Crippen LogP contribution in [-0.4, -0.2) is 18.6 Å². The van der Waals surface area contributed by atoms with Crippen LogP contribution in [-0.2, 0) is 6.54 Å². The smallest absolute Gasteiger partial charge is 0.171 e. The Hall–Kier alpha value is -2.23. The molecule has 2 N–H and O–H groups in total. The van der Waals surface area contributed by atoms with Crippen molar-refractivity contribution in [3.05, 3.63) is 48.2 Å². The molecule has 0 atom stereocenters. The molecule has 0 spiro atoms. The van der Waals surface area contributed by atoms with Crippen molar-refractivity contribution in [1.29, 1.82) is 0 Å². The van der Waals surface area contributed by atoms with Crippen LogP contribution in [0, 0.1) is 0 Å². The number of nitrogens with zero attached hydrogens (tertiary/aromatic N) is 2. The van der Waals surface area contributed by atoms with E-state index in [-0.39, 0.29) is 0 Å². The van der Waals surface area contributed by atoms with E-state index in [1.54, 1.807) is 6.20 Å². The molecule has 0 aliphatic carbocycles. The lowest BCUT2D eigenvalue weighted by atomic mass is 10.2. The molecule has 2 aromatic rings. The number of rotatable bonds is 6. The number of pyridine rings is 1. The van der Waals surface area contributed by atoms with Crippen LogP contribution < -0.4 is 15.4 Å². The topological polar surface area (TPSA) is 51.4 Å². The maximum atomic E-state index is 5.74. The van der Waals surface area contributed by atoms with Gasteiger partial charge in [0.1, 0.15) is 0 Å². The molecule has 106 valence electrons. The Balaban J connectivity index is 2.12. The van der Waals surface area contributed by atoms with Gasteiger partial charge in [-0.15, -0.1) is 0 Å². The largest absolute Gasteiger partial charge is 0.490 e. The summed E-state index contributed by atoms with van der Waals surface area (Å²) < 4.78 is 5.74. The summed E-state index contributed by atoms with van der Waals surface area (Å²) in [6, 6.07) is 11.7. The number of benzene rings is 1. The first-order chi connectivity index (χ1) is 9.70. The molecular formula is C16H21N3O. The van der Waals surface area contributed by atoms with Crippen molar-refractivity contribution in [3.63, 3.8) is 0 Å². The van der Waals surface area contributed by atoms with Crippen molar-refractivity contribution in [2.75, 3.05) is 24.3 Å². The van der Waals surface area contributed by atoms with E-state index < -0.39 is 0 Å². The van der Waals surface area contributed by atoms with Crippen molar-refractivity contribution < 1.29 is 4.74 Å². The van der Waals surface area contributed by atoms with Gasteiger partial charge in [-0.2, -0.15) is 0 Å². The zero-order valence-corrected chi connectivity index (χ0v) is 12.0. The molecule has 20 heavy (non-hydrogen) atoms. The summed E-state index contributed by atoms with van der Waals surface area (Å²) in [5.41, 5.74) is 7.67. The summed E-state index contributed by atoms with van der Waals surface area (Å²) in [4.78, 5) is 6.50. The van der Waals surface area contributed by atoms with Crippen molar-refractivity contribution >= 4 is 11.5 Å². The molecule has 0 fully saturated rings. The average molecular weight is 271 g/mol. The van der Waals surface area contributed by atoms with E-state index in [0.29, 0.717) is 6.61 Å². The number of anilines is 2. The summed E-state index contributed by atoms with van der Waals surface area (Å²) in [5.74, 6) is 1.69. The van der Waals surface area contributed by atoms with Crippen molar-refractivity contribution in [1.82, 2.24) is 4.98 Å². The summed E-state index contributed by atoms with van der Waals surface area (Å²) in [5, 5.41) is 0. The lowest BCUT2D eigenvalue weighted by molar-refractivity contribution is 0.316. The molecule has 1 aromatic heterocycles. The zero-order chi connectivity index (χ0) is 14.4. The molecule has 0 radical (unpaired) electrons. The molecule has 1 heterocycles. The Morgan fingerprint density at radius 2 is 1.95 bits per heavy atom. The first kappa shape index (κ1) is 14.2. The van der Waals surface area contributed by atoms with Gasteiger partial charge >= 0.3 is 0 Å². The van der Waals surface area contributed by atoms with Crippen LogP contribution in [0.3, 0.4) is 0 Å². The monoisotopic (exact) mass is 271 g/mol. The maximum Gasteiger partial charge on any atom is 0.171 e. The molecule has 0 bridgehead atoms. The lowest BCUT2D eigenvalue weighted by Crippen LogP contribution is -2.18. The first-order valence-electron chi connectivity index (χ1n) is 6.84. The minimum absolute atomic E-state index is 0.703. The normalized spacial score (nSPS) is 10.3. The van der Waals surface area contributed by atoms with Gasteiger partial charge in [0.05, 0.1) is 6.61 Å². The molecule has 0 saturated heterocycles. The van der Waals surface area contributed by atoms with Crippen molar-refractivity contribution in [3.8, 4) is 5.75 Å². The fourth-order valence-electron chi connectivity index (χ4n) is 1.97. The molecule has 1 aromatic carbocycles. The fourth-order valence-corrected chi connectivity index (χ4v) is 1.97. The van der Waals surface area contributed by atoms with E-state index >= 15 is 0 Å². The highest BCUT2D eigenvalue weighted by molar-refractivity contribution is 5.52. The highest BCUT2D eigenvalue weighted by atomic mass is 16.5. The van der Waals surface area contributed by atoms with Crippen LogP contribution in [0.1, 0.15) is 18.9 Å². The van der Waals surface area contributed by atoms with Gasteiger partial charge in [-0.25, -0.2) is 4.98 Å². The Morgan fingerprint density at radius 3 is 2.65 bits per heavy atom. The number of hydrogen-bond donors (Lipinski definition) is 1. The van der Waals surface area contributed by atoms with Crippen LogP contribution >= 0.6 is 0 Å². The van der Waals surface area contributed by atoms with Crippen LogP contribution in [0.2, 0.25) is 0 Å². The van der Waals surface area contributed by atoms with Gasteiger partial charge in [-0.1, -0.05) is 19.1 Å². The Labute approximate surface area is 120 Å². The molecule has 0 aliphatic rings. The predicted octanol–water partition coefficient (Wildman–Crippen LogP) is 3.09. The third kappa shape index (κ3) is 3.63. The molecule has 0 amide bonds. The van der Waals surface area contributed by atoms with E-state index in [2.05, 4.69) is 16.8 Å². The Morgan fingerprint density at radius 1 is 1.20 bits per heavy atom. The van der Waals surface area contributed by atoms with Gasteiger partial charge in [0, 0.05) is 25.5 Å². The van der Waals surface area contributed by atoms with Crippen LogP contribution in [0.4, 0.5) is 11.5 Å². The van der Waals surface area contributed by atoms with Crippen LogP contribution in [0.5, 0.6) is 5.75 Å². The number of nitrogens with two attached hydrogens (primary N) is 1. The van der Waals surface area contributed by atoms with Crippen LogP contribution in [0.25, 0.3) is 0 Å². The SMILES string of the molecule is CCCOc1cccnc1N(C)Cc1ccc(N)cc1. The molecule has 4 nitrogen and oxygen atoms in total. The zero-order valence-electron chi connectivity index (χ0n) is 12.0. The lowest BCUT2D eigenvalue weighted by Gasteiger charge is -2.21.